The Kier molecular flexibility index (Phi) is 5.71. The molecule has 0 radical (unpaired) electrons. The molecule has 0 aliphatic carbocycles. The van der Waals surface area contributed by atoms with Crippen molar-refractivity contribution in [3.8, 4) is 0 Å². The Hall–Kier alpha value is -0.160. The van der Waals surface area contributed by atoms with E-state index in [0.29, 0.717) is 17.9 Å². The van der Waals surface area contributed by atoms with Crippen LogP contribution in [0.5, 0.6) is 0 Å². The standard InChI is InChI=1S/C13H25NO3/c1-15-8-5-14-9-11-4-7-17-13(11)12-3-2-6-16-10-12/h11-14H,2-10H2,1H3. The fourth-order valence-corrected chi connectivity index (χ4v) is 2.88. The highest BCUT2D eigenvalue weighted by molar-refractivity contribution is 4.84. The van der Waals surface area contributed by atoms with Crippen LogP contribution in [0, 0.1) is 11.8 Å². The minimum Gasteiger partial charge on any atom is -0.383 e. The van der Waals surface area contributed by atoms with Crippen molar-refractivity contribution in [1.29, 1.82) is 0 Å². The maximum Gasteiger partial charge on any atom is 0.0666 e. The third-order valence-corrected chi connectivity index (χ3v) is 3.81. The maximum absolute atomic E-state index is 5.91. The zero-order valence-electron chi connectivity index (χ0n) is 10.8. The highest BCUT2D eigenvalue weighted by atomic mass is 16.5. The van der Waals surface area contributed by atoms with Crippen molar-refractivity contribution >= 4 is 0 Å². The smallest absolute Gasteiger partial charge is 0.0666 e. The van der Waals surface area contributed by atoms with Crippen molar-refractivity contribution in [3.63, 3.8) is 0 Å². The molecule has 0 aromatic rings. The summed E-state index contributed by atoms with van der Waals surface area (Å²) < 4.78 is 16.5. The minimum atomic E-state index is 0.408. The first kappa shape index (κ1) is 13.3. The SMILES string of the molecule is COCCNCC1CCOC1C1CCCOC1. The lowest BCUT2D eigenvalue weighted by Gasteiger charge is -2.30. The van der Waals surface area contributed by atoms with Crippen molar-refractivity contribution in [2.75, 3.05) is 46.6 Å². The number of hydrogen-bond donors (Lipinski definition) is 1. The molecule has 0 aromatic carbocycles. The highest BCUT2D eigenvalue weighted by Gasteiger charge is 2.35. The summed E-state index contributed by atoms with van der Waals surface area (Å²) in [6.45, 7) is 5.49. The largest absolute Gasteiger partial charge is 0.383 e. The molecule has 2 heterocycles. The average Bonchev–Trinajstić information content (AvgIpc) is 2.84. The lowest BCUT2D eigenvalue weighted by atomic mass is 9.87. The Morgan fingerprint density at radius 3 is 3.00 bits per heavy atom. The van der Waals surface area contributed by atoms with Crippen LogP contribution in [0.3, 0.4) is 0 Å². The van der Waals surface area contributed by atoms with Gasteiger partial charge in [0.15, 0.2) is 0 Å². The van der Waals surface area contributed by atoms with Gasteiger partial charge in [-0.3, -0.25) is 0 Å². The third kappa shape index (κ3) is 3.91. The van der Waals surface area contributed by atoms with E-state index < -0.39 is 0 Å². The van der Waals surface area contributed by atoms with E-state index >= 15 is 0 Å². The predicted molar refractivity (Wildman–Crippen MR) is 66.1 cm³/mol. The summed E-state index contributed by atoms with van der Waals surface area (Å²) in [7, 11) is 1.74. The number of nitrogens with one attached hydrogen (secondary N) is 1. The van der Waals surface area contributed by atoms with E-state index in [4.69, 9.17) is 14.2 Å². The average molecular weight is 243 g/mol. The van der Waals surface area contributed by atoms with Gasteiger partial charge in [0, 0.05) is 45.2 Å². The molecule has 2 aliphatic rings. The molecule has 3 unspecified atom stereocenters. The van der Waals surface area contributed by atoms with E-state index in [2.05, 4.69) is 5.32 Å². The van der Waals surface area contributed by atoms with E-state index in [1.165, 1.54) is 19.3 Å². The number of rotatable bonds is 6. The summed E-state index contributed by atoms with van der Waals surface area (Å²) in [6, 6.07) is 0. The van der Waals surface area contributed by atoms with Gasteiger partial charge in [0.05, 0.1) is 19.3 Å². The third-order valence-electron chi connectivity index (χ3n) is 3.81. The number of ether oxygens (including phenoxy) is 3. The zero-order chi connectivity index (χ0) is 11.9. The summed E-state index contributed by atoms with van der Waals surface area (Å²) in [5.74, 6) is 1.26. The lowest BCUT2D eigenvalue weighted by Crippen LogP contribution is -2.37. The van der Waals surface area contributed by atoms with Gasteiger partial charge < -0.3 is 19.5 Å². The van der Waals surface area contributed by atoms with Gasteiger partial charge in [-0.25, -0.2) is 0 Å². The first-order valence-corrected chi connectivity index (χ1v) is 6.81. The van der Waals surface area contributed by atoms with Crippen molar-refractivity contribution in [2.45, 2.75) is 25.4 Å². The van der Waals surface area contributed by atoms with Gasteiger partial charge in [0.25, 0.3) is 0 Å². The van der Waals surface area contributed by atoms with Crippen LogP contribution in [-0.2, 0) is 14.2 Å². The normalized spacial score (nSPS) is 34.1. The molecule has 0 spiro atoms. The highest BCUT2D eigenvalue weighted by Crippen LogP contribution is 2.31. The Balaban J connectivity index is 1.72. The molecule has 2 saturated heterocycles. The van der Waals surface area contributed by atoms with E-state index in [-0.39, 0.29) is 0 Å². The molecule has 17 heavy (non-hydrogen) atoms. The van der Waals surface area contributed by atoms with E-state index in [9.17, 15) is 0 Å². The van der Waals surface area contributed by atoms with Crippen LogP contribution in [-0.4, -0.2) is 52.7 Å². The van der Waals surface area contributed by atoms with Crippen molar-refractivity contribution in [2.24, 2.45) is 11.8 Å². The summed E-state index contributed by atoms with van der Waals surface area (Å²) in [5.41, 5.74) is 0. The van der Waals surface area contributed by atoms with Crippen LogP contribution in [0.2, 0.25) is 0 Å². The summed E-state index contributed by atoms with van der Waals surface area (Å²) in [5, 5.41) is 3.45. The molecule has 0 aromatic heterocycles. The fourth-order valence-electron chi connectivity index (χ4n) is 2.88. The molecule has 0 amide bonds. The Bertz CT molecular complexity index is 207. The van der Waals surface area contributed by atoms with Crippen LogP contribution in [0.15, 0.2) is 0 Å². The molecule has 2 rings (SSSR count). The van der Waals surface area contributed by atoms with Crippen LogP contribution >= 0.6 is 0 Å². The molecule has 4 heteroatoms. The second-order valence-electron chi connectivity index (χ2n) is 5.06. The molecular formula is C13H25NO3. The Morgan fingerprint density at radius 2 is 2.24 bits per heavy atom. The van der Waals surface area contributed by atoms with Gasteiger partial charge in [-0.1, -0.05) is 0 Å². The van der Waals surface area contributed by atoms with Crippen LogP contribution in [0.4, 0.5) is 0 Å². The number of hydrogen-bond acceptors (Lipinski definition) is 4. The van der Waals surface area contributed by atoms with Crippen LogP contribution in [0.1, 0.15) is 19.3 Å². The monoisotopic (exact) mass is 243 g/mol. The molecule has 100 valence electrons. The molecule has 3 atom stereocenters. The minimum absolute atomic E-state index is 0.408. The van der Waals surface area contributed by atoms with Gasteiger partial charge >= 0.3 is 0 Å². The summed E-state index contributed by atoms with van der Waals surface area (Å²) in [4.78, 5) is 0. The van der Waals surface area contributed by atoms with E-state index in [0.717, 1.165) is 39.5 Å². The molecule has 2 aliphatic heterocycles. The van der Waals surface area contributed by atoms with Gasteiger partial charge in [-0.2, -0.15) is 0 Å². The zero-order valence-corrected chi connectivity index (χ0v) is 10.8. The molecule has 2 fully saturated rings. The van der Waals surface area contributed by atoms with Crippen molar-refractivity contribution in [1.82, 2.24) is 5.32 Å². The first-order chi connectivity index (χ1) is 8.42. The lowest BCUT2D eigenvalue weighted by molar-refractivity contribution is -0.0336. The van der Waals surface area contributed by atoms with Crippen molar-refractivity contribution < 1.29 is 14.2 Å². The maximum atomic E-state index is 5.91. The predicted octanol–water partition coefficient (Wildman–Crippen LogP) is 1.05. The van der Waals surface area contributed by atoms with Crippen LogP contribution in [0.25, 0.3) is 0 Å². The van der Waals surface area contributed by atoms with Gasteiger partial charge in [0.1, 0.15) is 0 Å². The second kappa shape index (κ2) is 7.31. The summed E-state index contributed by atoms with van der Waals surface area (Å²) >= 11 is 0. The van der Waals surface area contributed by atoms with Gasteiger partial charge in [0.2, 0.25) is 0 Å². The van der Waals surface area contributed by atoms with Crippen LogP contribution < -0.4 is 5.32 Å². The first-order valence-electron chi connectivity index (χ1n) is 6.81. The number of methoxy groups -OCH3 is 1. The second-order valence-corrected chi connectivity index (χ2v) is 5.06. The van der Waals surface area contributed by atoms with Gasteiger partial charge in [-0.15, -0.1) is 0 Å². The Morgan fingerprint density at radius 1 is 1.29 bits per heavy atom. The van der Waals surface area contributed by atoms with Crippen molar-refractivity contribution in [3.05, 3.63) is 0 Å². The van der Waals surface area contributed by atoms with E-state index in [1.807, 2.05) is 0 Å². The molecule has 4 nitrogen and oxygen atoms in total. The molecule has 0 saturated carbocycles. The molecular weight excluding hydrogens is 218 g/mol. The topological polar surface area (TPSA) is 39.7 Å². The Labute approximate surface area is 104 Å². The fraction of sp³-hybridized carbons (Fsp3) is 1.00. The van der Waals surface area contributed by atoms with E-state index in [1.54, 1.807) is 7.11 Å². The molecule has 1 N–H and O–H groups in total. The summed E-state index contributed by atoms with van der Waals surface area (Å²) in [6.07, 6.45) is 4.04. The van der Waals surface area contributed by atoms with Gasteiger partial charge in [-0.05, 0) is 19.3 Å². The quantitative estimate of drug-likeness (QED) is 0.708. The molecule has 0 bridgehead atoms.